The molecule has 1 atom stereocenters. The molecule has 1 heterocycles. The summed E-state index contributed by atoms with van der Waals surface area (Å²) in [4.78, 5) is 23.8. The lowest BCUT2D eigenvalue weighted by Gasteiger charge is -2.17. The quantitative estimate of drug-likeness (QED) is 0.573. The van der Waals surface area contributed by atoms with Gasteiger partial charge in [-0.2, -0.15) is 5.10 Å². The summed E-state index contributed by atoms with van der Waals surface area (Å²) in [7, 11) is 0. The normalized spacial score (nSPS) is 13.4. The van der Waals surface area contributed by atoms with E-state index in [4.69, 9.17) is 4.74 Å². The van der Waals surface area contributed by atoms with Gasteiger partial charge in [-0.15, -0.1) is 0 Å². The number of ether oxygens (including phenoxy) is 1. The lowest BCUT2D eigenvalue weighted by atomic mass is 9.98. The van der Waals surface area contributed by atoms with Crippen molar-refractivity contribution in [1.29, 1.82) is 0 Å². The highest BCUT2D eigenvalue weighted by molar-refractivity contribution is 5.81. The minimum Gasteiger partial charge on any atom is -0.480 e. The first-order chi connectivity index (χ1) is 14.1. The van der Waals surface area contributed by atoms with Crippen LogP contribution in [0.25, 0.3) is 11.1 Å². The van der Waals surface area contributed by atoms with Gasteiger partial charge in [0.05, 0.1) is 6.20 Å². The van der Waals surface area contributed by atoms with E-state index < -0.39 is 18.1 Å². The Hall–Kier alpha value is -3.61. The first-order valence-corrected chi connectivity index (χ1v) is 9.45. The van der Waals surface area contributed by atoms with Crippen molar-refractivity contribution in [2.75, 3.05) is 6.61 Å². The number of aromatic nitrogens is 2. The number of carboxylic acids is 1. The fourth-order valence-corrected chi connectivity index (χ4v) is 3.77. The number of hydrogen-bond donors (Lipinski definition) is 3. The largest absolute Gasteiger partial charge is 0.480 e. The number of aliphatic carboxylic acids is 1. The number of aryl methyl sites for hydroxylation is 1. The number of H-pyrrole nitrogens is 1. The van der Waals surface area contributed by atoms with E-state index >= 15 is 0 Å². The minimum atomic E-state index is -1.10. The van der Waals surface area contributed by atoms with E-state index in [0.717, 1.165) is 27.8 Å². The Morgan fingerprint density at radius 2 is 1.76 bits per heavy atom. The summed E-state index contributed by atoms with van der Waals surface area (Å²) in [5.41, 5.74) is 5.37. The number of rotatable bonds is 7. The fraction of sp³-hybridized carbons (Fsp3) is 0.227. The van der Waals surface area contributed by atoms with E-state index in [1.165, 1.54) is 0 Å². The molecule has 0 fully saturated rings. The predicted molar refractivity (Wildman–Crippen MR) is 107 cm³/mol. The maximum Gasteiger partial charge on any atom is 0.407 e. The van der Waals surface area contributed by atoms with Gasteiger partial charge in [-0.3, -0.25) is 5.10 Å². The molecule has 0 saturated heterocycles. The highest BCUT2D eigenvalue weighted by Gasteiger charge is 2.29. The molecular weight excluding hydrogens is 370 g/mol. The molecule has 1 unspecified atom stereocenters. The van der Waals surface area contributed by atoms with Crippen LogP contribution < -0.4 is 5.32 Å². The van der Waals surface area contributed by atoms with E-state index in [1.807, 2.05) is 36.4 Å². The van der Waals surface area contributed by atoms with Gasteiger partial charge < -0.3 is 15.2 Å². The number of benzene rings is 2. The summed E-state index contributed by atoms with van der Waals surface area (Å²) in [6.45, 7) is 0.147. The molecule has 0 saturated carbocycles. The van der Waals surface area contributed by atoms with Crippen molar-refractivity contribution < 1.29 is 19.4 Å². The standard InChI is InChI=1S/C22H21N3O4/c26-21(27)20(10-9-14-11-23-24-12-14)25-22(28)29-13-19-17-7-3-1-5-15(17)16-6-2-4-8-18(16)19/h1-8,11-12,19-20H,9-10,13H2,(H,23,24)(H,25,28)(H,26,27). The molecular formula is C22H21N3O4. The van der Waals surface area contributed by atoms with Crippen molar-refractivity contribution in [3.8, 4) is 11.1 Å². The highest BCUT2D eigenvalue weighted by atomic mass is 16.5. The van der Waals surface area contributed by atoms with Crippen LogP contribution in [0.4, 0.5) is 4.79 Å². The zero-order valence-electron chi connectivity index (χ0n) is 15.7. The van der Waals surface area contributed by atoms with E-state index in [0.29, 0.717) is 6.42 Å². The number of carbonyl (C=O) groups is 2. The van der Waals surface area contributed by atoms with Crippen molar-refractivity contribution in [3.05, 3.63) is 77.6 Å². The number of carboxylic acid groups (broad SMARTS) is 1. The molecule has 7 nitrogen and oxygen atoms in total. The Labute approximate surface area is 167 Å². The van der Waals surface area contributed by atoms with Crippen molar-refractivity contribution in [1.82, 2.24) is 15.5 Å². The third kappa shape index (κ3) is 3.99. The Balaban J connectivity index is 1.39. The van der Waals surface area contributed by atoms with Crippen molar-refractivity contribution in [2.45, 2.75) is 24.8 Å². The molecule has 0 spiro atoms. The molecule has 148 valence electrons. The van der Waals surface area contributed by atoms with Gasteiger partial charge >= 0.3 is 12.1 Å². The predicted octanol–water partition coefficient (Wildman–Crippen LogP) is 3.33. The van der Waals surface area contributed by atoms with Crippen LogP contribution in [0, 0.1) is 0 Å². The van der Waals surface area contributed by atoms with Crippen LogP contribution in [0.2, 0.25) is 0 Å². The van der Waals surface area contributed by atoms with E-state index in [9.17, 15) is 14.7 Å². The van der Waals surface area contributed by atoms with Crippen LogP contribution in [-0.4, -0.2) is 40.0 Å². The van der Waals surface area contributed by atoms with Crippen LogP contribution in [0.3, 0.4) is 0 Å². The van der Waals surface area contributed by atoms with Crippen molar-refractivity contribution in [3.63, 3.8) is 0 Å². The number of hydrogen-bond acceptors (Lipinski definition) is 4. The van der Waals surface area contributed by atoms with Gasteiger partial charge in [0.25, 0.3) is 0 Å². The van der Waals surface area contributed by atoms with Gasteiger partial charge in [-0.25, -0.2) is 9.59 Å². The van der Waals surface area contributed by atoms with E-state index in [1.54, 1.807) is 12.4 Å². The molecule has 29 heavy (non-hydrogen) atoms. The topological polar surface area (TPSA) is 104 Å². The molecule has 7 heteroatoms. The molecule has 3 N–H and O–H groups in total. The average molecular weight is 391 g/mol. The summed E-state index contributed by atoms with van der Waals surface area (Å²) >= 11 is 0. The Kier molecular flexibility index (Phi) is 5.29. The smallest absolute Gasteiger partial charge is 0.407 e. The summed E-state index contributed by atoms with van der Waals surface area (Å²) in [6.07, 6.45) is 3.33. The number of fused-ring (bicyclic) bond motifs is 3. The fourth-order valence-electron chi connectivity index (χ4n) is 3.77. The molecule has 3 aromatic rings. The third-order valence-electron chi connectivity index (χ3n) is 5.21. The summed E-state index contributed by atoms with van der Waals surface area (Å²) < 4.78 is 5.43. The number of aromatic amines is 1. The van der Waals surface area contributed by atoms with Gasteiger partial charge in [0.15, 0.2) is 0 Å². The monoisotopic (exact) mass is 391 g/mol. The summed E-state index contributed by atoms with van der Waals surface area (Å²) in [5.74, 6) is -1.16. The zero-order chi connectivity index (χ0) is 20.2. The van der Waals surface area contributed by atoms with Crippen molar-refractivity contribution >= 4 is 12.1 Å². The maximum absolute atomic E-state index is 12.3. The lowest BCUT2D eigenvalue weighted by Crippen LogP contribution is -2.41. The number of nitrogens with zero attached hydrogens (tertiary/aromatic N) is 1. The second-order valence-corrected chi connectivity index (χ2v) is 7.01. The highest BCUT2D eigenvalue weighted by Crippen LogP contribution is 2.44. The van der Waals surface area contributed by atoms with E-state index in [-0.39, 0.29) is 18.9 Å². The Morgan fingerprint density at radius 1 is 1.10 bits per heavy atom. The zero-order valence-corrected chi connectivity index (χ0v) is 15.7. The van der Waals surface area contributed by atoms with Crippen LogP contribution >= 0.6 is 0 Å². The van der Waals surface area contributed by atoms with Crippen LogP contribution in [0.5, 0.6) is 0 Å². The molecule has 1 aliphatic carbocycles. The second kappa shape index (κ2) is 8.18. The molecule has 1 amide bonds. The number of amides is 1. The van der Waals surface area contributed by atoms with Crippen LogP contribution in [0.15, 0.2) is 60.9 Å². The Bertz CT molecular complexity index is 971. The van der Waals surface area contributed by atoms with Crippen LogP contribution in [-0.2, 0) is 16.0 Å². The van der Waals surface area contributed by atoms with E-state index in [2.05, 4.69) is 27.6 Å². The maximum atomic E-state index is 12.3. The first-order valence-electron chi connectivity index (χ1n) is 9.45. The molecule has 4 rings (SSSR count). The minimum absolute atomic E-state index is 0.0673. The Morgan fingerprint density at radius 3 is 2.34 bits per heavy atom. The summed E-state index contributed by atoms with van der Waals surface area (Å²) in [6, 6.07) is 15.1. The third-order valence-corrected chi connectivity index (χ3v) is 5.21. The number of nitrogens with one attached hydrogen (secondary N) is 2. The van der Waals surface area contributed by atoms with Crippen molar-refractivity contribution in [2.24, 2.45) is 0 Å². The SMILES string of the molecule is O=C(NC(CCc1cn[nH]c1)C(=O)O)OCC1c2ccccc2-c2ccccc21. The van der Waals surface area contributed by atoms with Gasteiger partial charge in [0, 0.05) is 12.1 Å². The molecule has 1 aromatic heterocycles. The first kappa shape index (κ1) is 18.7. The molecule has 0 bridgehead atoms. The van der Waals surface area contributed by atoms with Gasteiger partial charge in [-0.05, 0) is 40.7 Å². The lowest BCUT2D eigenvalue weighted by molar-refractivity contribution is -0.139. The van der Waals surface area contributed by atoms with Gasteiger partial charge in [0.2, 0.25) is 0 Å². The molecule has 0 aliphatic heterocycles. The molecule has 0 radical (unpaired) electrons. The number of carbonyl (C=O) groups excluding carboxylic acids is 1. The molecule has 2 aromatic carbocycles. The average Bonchev–Trinajstić information content (AvgIpc) is 3.35. The molecule has 1 aliphatic rings. The summed E-state index contributed by atoms with van der Waals surface area (Å²) in [5, 5.41) is 18.4. The van der Waals surface area contributed by atoms with Gasteiger partial charge in [-0.1, -0.05) is 48.5 Å². The second-order valence-electron chi connectivity index (χ2n) is 7.01. The van der Waals surface area contributed by atoms with Gasteiger partial charge in [0.1, 0.15) is 12.6 Å². The van der Waals surface area contributed by atoms with Crippen LogP contribution in [0.1, 0.15) is 29.0 Å². The number of alkyl carbamates (subject to hydrolysis) is 1.